The van der Waals surface area contributed by atoms with Crippen LogP contribution < -0.4 is 10.2 Å². The summed E-state index contributed by atoms with van der Waals surface area (Å²) in [7, 11) is -1.58. The average molecular weight is 495 g/mol. The number of ether oxygens (including phenoxy) is 1. The molecule has 0 spiro atoms. The maximum Gasteiger partial charge on any atom is 0.259 e. The van der Waals surface area contributed by atoms with Gasteiger partial charge < -0.3 is 15.0 Å². The summed E-state index contributed by atoms with van der Waals surface area (Å²) >= 11 is 6.18. The Morgan fingerprint density at radius 1 is 1.09 bits per heavy atom. The number of anilines is 1. The van der Waals surface area contributed by atoms with Crippen LogP contribution in [-0.4, -0.2) is 35.3 Å². The lowest BCUT2D eigenvalue weighted by molar-refractivity contribution is 0.0857. The lowest BCUT2D eigenvalue weighted by Gasteiger charge is -2.24. The molecule has 5 rings (SSSR count). The van der Waals surface area contributed by atoms with Crippen LogP contribution in [0.3, 0.4) is 0 Å². The highest BCUT2D eigenvalue weighted by molar-refractivity contribution is 7.85. The summed E-state index contributed by atoms with van der Waals surface area (Å²) in [6.45, 7) is 1.36. The van der Waals surface area contributed by atoms with Gasteiger partial charge in [0.15, 0.2) is 0 Å². The minimum absolute atomic E-state index is 0.0210. The van der Waals surface area contributed by atoms with Crippen molar-refractivity contribution in [2.24, 2.45) is 0 Å². The molecule has 1 saturated heterocycles. The number of nitrogens with zero attached hydrogens (tertiary/aromatic N) is 1. The van der Waals surface area contributed by atoms with Crippen molar-refractivity contribution in [3.8, 4) is 0 Å². The van der Waals surface area contributed by atoms with Crippen molar-refractivity contribution in [1.29, 1.82) is 0 Å². The maximum absolute atomic E-state index is 13.7. The first-order valence-electron chi connectivity index (χ1n) is 11.1. The van der Waals surface area contributed by atoms with Crippen molar-refractivity contribution in [1.82, 2.24) is 5.32 Å². The Bertz CT molecular complexity index is 1290. The number of nitrogens with one attached hydrogen (secondary N) is 1. The summed E-state index contributed by atoms with van der Waals surface area (Å²) < 4.78 is 19.1. The highest BCUT2D eigenvalue weighted by Crippen LogP contribution is 2.36. The van der Waals surface area contributed by atoms with E-state index >= 15 is 0 Å². The van der Waals surface area contributed by atoms with E-state index in [9.17, 15) is 13.8 Å². The molecule has 3 aromatic rings. The molecule has 0 unspecified atom stereocenters. The number of hydrogen-bond donors (Lipinski definition) is 1. The first kappa shape index (κ1) is 22.8. The zero-order valence-corrected chi connectivity index (χ0v) is 19.9. The van der Waals surface area contributed by atoms with E-state index in [-0.39, 0.29) is 24.5 Å². The molecule has 1 N–H and O–H groups in total. The van der Waals surface area contributed by atoms with Gasteiger partial charge in [0.25, 0.3) is 11.8 Å². The third-order valence-electron chi connectivity index (χ3n) is 6.02. The molecule has 1 fully saturated rings. The smallest absolute Gasteiger partial charge is 0.259 e. The predicted octanol–water partition coefficient (Wildman–Crippen LogP) is 4.58. The number of benzene rings is 3. The topological polar surface area (TPSA) is 75.7 Å². The standard InChI is InChI=1S/C26H23ClN2O4S/c27-19-6-3-5-17(13-19)16-29-22-14-18(25(30)28-15-20-7-4-12-33-20)10-11-24(22)34(32)23-9-2-1-8-21(23)26(29)31/h1-3,5-6,8-11,13-14,20H,4,7,12,15-16H2,(H,28,30)/t20-,34+/m0/s1. The summed E-state index contributed by atoms with van der Waals surface area (Å²) in [5.74, 6) is -0.541. The number of carbonyl (C=O) groups is 2. The molecule has 0 radical (unpaired) electrons. The van der Waals surface area contributed by atoms with Gasteiger partial charge in [-0.3, -0.25) is 9.59 Å². The van der Waals surface area contributed by atoms with Crippen molar-refractivity contribution < 1.29 is 18.5 Å². The Labute approximate surface area is 205 Å². The van der Waals surface area contributed by atoms with Gasteiger partial charge in [-0.15, -0.1) is 0 Å². The van der Waals surface area contributed by atoms with Crippen LogP contribution in [0.15, 0.2) is 76.5 Å². The minimum atomic E-state index is -1.58. The molecule has 0 aliphatic carbocycles. The van der Waals surface area contributed by atoms with Crippen LogP contribution in [0.25, 0.3) is 0 Å². The maximum atomic E-state index is 13.7. The fraction of sp³-hybridized carbons (Fsp3) is 0.231. The van der Waals surface area contributed by atoms with Crippen LogP contribution in [0.2, 0.25) is 5.02 Å². The summed E-state index contributed by atoms with van der Waals surface area (Å²) in [4.78, 5) is 29.1. The van der Waals surface area contributed by atoms with Gasteiger partial charge in [-0.25, -0.2) is 4.21 Å². The monoisotopic (exact) mass is 494 g/mol. The molecule has 2 atom stereocenters. The number of fused-ring (bicyclic) bond motifs is 2. The Morgan fingerprint density at radius 3 is 2.74 bits per heavy atom. The summed E-state index contributed by atoms with van der Waals surface area (Å²) in [5, 5.41) is 3.48. The molecule has 6 nitrogen and oxygen atoms in total. The van der Waals surface area contributed by atoms with E-state index in [1.807, 2.05) is 12.1 Å². The molecule has 0 aromatic heterocycles. The molecular weight excluding hydrogens is 472 g/mol. The normalized spacial score (nSPS) is 19.3. The number of hydrogen-bond acceptors (Lipinski definition) is 4. The Morgan fingerprint density at radius 2 is 1.94 bits per heavy atom. The lowest BCUT2D eigenvalue weighted by atomic mass is 10.1. The molecule has 8 heteroatoms. The van der Waals surface area contributed by atoms with Gasteiger partial charge in [-0.1, -0.05) is 35.9 Å². The summed E-state index contributed by atoms with van der Waals surface area (Å²) in [6.07, 6.45) is 1.93. The molecule has 2 aliphatic heterocycles. The van der Waals surface area contributed by atoms with Gasteiger partial charge >= 0.3 is 0 Å². The number of carbonyl (C=O) groups excluding carboxylic acids is 2. The highest BCUT2D eigenvalue weighted by atomic mass is 35.5. The van der Waals surface area contributed by atoms with Crippen LogP contribution in [0, 0.1) is 0 Å². The molecule has 2 amide bonds. The van der Waals surface area contributed by atoms with Gasteiger partial charge in [-0.2, -0.15) is 0 Å². The van der Waals surface area contributed by atoms with Crippen LogP contribution in [-0.2, 0) is 22.1 Å². The zero-order chi connectivity index (χ0) is 23.7. The number of halogens is 1. The highest BCUT2D eigenvalue weighted by Gasteiger charge is 2.31. The second-order valence-electron chi connectivity index (χ2n) is 8.31. The summed E-state index contributed by atoms with van der Waals surface area (Å²) in [6, 6.07) is 19.1. The van der Waals surface area contributed by atoms with Crippen molar-refractivity contribution in [2.45, 2.75) is 35.3 Å². The molecule has 0 bridgehead atoms. The van der Waals surface area contributed by atoms with E-state index in [0.29, 0.717) is 44.8 Å². The first-order chi connectivity index (χ1) is 16.5. The molecule has 34 heavy (non-hydrogen) atoms. The van der Waals surface area contributed by atoms with E-state index in [2.05, 4.69) is 5.32 Å². The molecular formula is C26H23ClN2O4S. The molecule has 2 aliphatic rings. The SMILES string of the molecule is O=C(NC[C@@H]1CCCO1)c1ccc2c(c1)N(Cc1cccc(Cl)c1)C(=O)c1ccccc1[S@]2=O. The Balaban J connectivity index is 1.54. The average Bonchev–Trinajstić information content (AvgIpc) is 3.36. The fourth-order valence-electron chi connectivity index (χ4n) is 4.29. The van der Waals surface area contributed by atoms with Crippen molar-refractivity contribution in [3.63, 3.8) is 0 Å². The Hall–Kier alpha value is -3.00. The lowest BCUT2D eigenvalue weighted by Crippen LogP contribution is -2.33. The minimum Gasteiger partial charge on any atom is -0.376 e. The molecule has 3 aromatic carbocycles. The zero-order valence-electron chi connectivity index (χ0n) is 18.3. The van der Waals surface area contributed by atoms with Crippen LogP contribution in [0.4, 0.5) is 5.69 Å². The van der Waals surface area contributed by atoms with E-state index in [4.69, 9.17) is 16.3 Å². The van der Waals surface area contributed by atoms with Crippen LogP contribution in [0.5, 0.6) is 0 Å². The first-order valence-corrected chi connectivity index (χ1v) is 12.6. The predicted molar refractivity (Wildman–Crippen MR) is 131 cm³/mol. The van der Waals surface area contributed by atoms with E-state index < -0.39 is 10.8 Å². The van der Waals surface area contributed by atoms with Gasteiger partial charge in [0.1, 0.15) is 0 Å². The van der Waals surface area contributed by atoms with Gasteiger partial charge in [0, 0.05) is 23.7 Å². The number of amides is 2. The molecule has 0 saturated carbocycles. The third-order valence-corrected chi connectivity index (χ3v) is 7.75. The third kappa shape index (κ3) is 4.51. The molecule has 2 heterocycles. The van der Waals surface area contributed by atoms with Crippen molar-refractivity contribution in [2.75, 3.05) is 18.1 Å². The second kappa shape index (κ2) is 9.70. The van der Waals surface area contributed by atoms with Crippen molar-refractivity contribution >= 4 is 39.9 Å². The second-order valence-corrected chi connectivity index (χ2v) is 10.2. The van der Waals surface area contributed by atoms with E-state index in [1.54, 1.807) is 59.5 Å². The Kier molecular flexibility index (Phi) is 6.50. The molecule has 174 valence electrons. The summed E-state index contributed by atoms with van der Waals surface area (Å²) in [5.41, 5.74) is 2.04. The van der Waals surface area contributed by atoms with Crippen LogP contribution in [0.1, 0.15) is 39.1 Å². The fourth-order valence-corrected chi connectivity index (χ4v) is 5.85. The number of rotatable bonds is 5. The van der Waals surface area contributed by atoms with Gasteiger partial charge in [0.2, 0.25) is 0 Å². The van der Waals surface area contributed by atoms with Crippen LogP contribution >= 0.6 is 11.6 Å². The quantitative estimate of drug-likeness (QED) is 0.563. The van der Waals surface area contributed by atoms with E-state index in [0.717, 1.165) is 18.4 Å². The van der Waals surface area contributed by atoms with Crippen molar-refractivity contribution in [3.05, 3.63) is 88.4 Å². The van der Waals surface area contributed by atoms with Gasteiger partial charge in [-0.05, 0) is 60.9 Å². The van der Waals surface area contributed by atoms with Gasteiger partial charge in [0.05, 0.1) is 44.5 Å². The largest absolute Gasteiger partial charge is 0.376 e. The van der Waals surface area contributed by atoms with E-state index in [1.165, 1.54) is 0 Å².